The fourth-order valence-electron chi connectivity index (χ4n) is 5.08. The molecule has 0 saturated heterocycles. The van der Waals surface area contributed by atoms with E-state index in [1.165, 1.54) is 50.7 Å². The molecule has 5 heteroatoms. The monoisotopic (exact) mass is 458 g/mol. The van der Waals surface area contributed by atoms with Gasteiger partial charge in [-0.05, 0) is 83.7 Å². The van der Waals surface area contributed by atoms with Crippen molar-refractivity contribution >= 4 is 10.8 Å². The maximum absolute atomic E-state index is 15.1. The molecule has 0 aliphatic heterocycles. The second kappa shape index (κ2) is 10.1. The van der Waals surface area contributed by atoms with E-state index in [0.717, 1.165) is 29.7 Å². The van der Waals surface area contributed by atoms with Crippen molar-refractivity contribution in [3.8, 4) is 16.9 Å². The normalized spacial score (nSPS) is 19.1. The molecule has 1 fully saturated rings. The third kappa shape index (κ3) is 6.07. The fraction of sp³-hybridized carbons (Fsp3) is 0.429. The van der Waals surface area contributed by atoms with Gasteiger partial charge in [-0.25, -0.2) is 4.39 Å². The minimum atomic E-state index is -4.73. The highest BCUT2D eigenvalue weighted by atomic mass is 19.4. The lowest BCUT2D eigenvalue weighted by Crippen LogP contribution is -2.16. The molecule has 1 nitrogen and oxygen atoms in total. The summed E-state index contributed by atoms with van der Waals surface area (Å²) in [5, 5.41) is 1.33. The second-order valence-electron chi connectivity index (χ2n) is 9.22. The first-order valence-corrected chi connectivity index (χ1v) is 11.9. The average molecular weight is 459 g/mol. The van der Waals surface area contributed by atoms with Gasteiger partial charge in [-0.3, -0.25) is 0 Å². The number of ether oxygens (including phenoxy) is 1. The first kappa shape index (κ1) is 23.6. The molecule has 0 atom stereocenters. The summed E-state index contributed by atoms with van der Waals surface area (Å²) in [5.74, 6) is 0.712. The molecule has 33 heavy (non-hydrogen) atoms. The number of hydrogen-bond acceptors (Lipinski definition) is 1. The van der Waals surface area contributed by atoms with Crippen LogP contribution in [-0.4, -0.2) is 6.36 Å². The van der Waals surface area contributed by atoms with Gasteiger partial charge in [-0.2, -0.15) is 0 Å². The Kier molecular flexibility index (Phi) is 7.26. The highest BCUT2D eigenvalue weighted by Gasteiger charge is 2.31. The summed E-state index contributed by atoms with van der Waals surface area (Å²) in [4.78, 5) is 0. The minimum absolute atomic E-state index is 0.256. The molecule has 1 aliphatic carbocycles. The van der Waals surface area contributed by atoms with Crippen molar-refractivity contribution in [2.24, 2.45) is 5.92 Å². The lowest BCUT2D eigenvalue weighted by Gasteiger charge is -2.29. The van der Waals surface area contributed by atoms with Crippen molar-refractivity contribution in [2.45, 2.75) is 70.6 Å². The van der Waals surface area contributed by atoms with Gasteiger partial charge in [0.05, 0.1) is 0 Å². The smallest absolute Gasteiger partial charge is 0.406 e. The third-order valence-electron chi connectivity index (χ3n) is 6.88. The molecular formula is C28H30F4O. The molecule has 176 valence electrons. The van der Waals surface area contributed by atoms with Gasteiger partial charge in [0, 0.05) is 5.56 Å². The van der Waals surface area contributed by atoms with E-state index >= 15 is 4.39 Å². The Morgan fingerprint density at radius 1 is 0.848 bits per heavy atom. The number of halogens is 4. The summed E-state index contributed by atoms with van der Waals surface area (Å²) in [6.45, 7) is 2.23. The molecule has 3 aromatic carbocycles. The lowest BCUT2D eigenvalue weighted by atomic mass is 9.77. The van der Waals surface area contributed by atoms with E-state index in [-0.39, 0.29) is 11.6 Å². The summed E-state index contributed by atoms with van der Waals surface area (Å²) in [5.41, 5.74) is 2.28. The lowest BCUT2D eigenvalue weighted by molar-refractivity contribution is -0.274. The molecule has 3 aromatic rings. The largest absolute Gasteiger partial charge is 0.573 e. The first-order chi connectivity index (χ1) is 15.8. The predicted molar refractivity (Wildman–Crippen MR) is 125 cm³/mol. The van der Waals surface area contributed by atoms with Crippen LogP contribution in [0.2, 0.25) is 0 Å². The van der Waals surface area contributed by atoms with Gasteiger partial charge >= 0.3 is 6.36 Å². The number of rotatable bonds is 7. The van der Waals surface area contributed by atoms with Crippen LogP contribution in [0.1, 0.15) is 69.8 Å². The average Bonchev–Trinajstić information content (AvgIpc) is 2.78. The molecule has 0 unspecified atom stereocenters. The van der Waals surface area contributed by atoms with E-state index in [9.17, 15) is 13.2 Å². The Labute approximate surface area is 192 Å². The van der Waals surface area contributed by atoms with Crippen LogP contribution < -0.4 is 4.74 Å². The van der Waals surface area contributed by atoms with Crippen LogP contribution in [0.3, 0.4) is 0 Å². The molecule has 0 bridgehead atoms. The SMILES string of the molecule is CCCCC[C@H]1CC[C@H](c2ccc(-c3ccc4cc(OC(F)(F)F)ccc4c3)c(F)c2)CC1. The molecule has 0 amide bonds. The highest BCUT2D eigenvalue weighted by Crippen LogP contribution is 2.39. The van der Waals surface area contributed by atoms with Crippen LogP contribution in [0.5, 0.6) is 5.75 Å². The number of hydrogen-bond donors (Lipinski definition) is 0. The molecule has 0 radical (unpaired) electrons. The zero-order valence-corrected chi connectivity index (χ0v) is 18.9. The van der Waals surface area contributed by atoms with Crippen molar-refractivity contribution < 1.29 is 22.3 Å². The molecule has 4 rings (SSSR count). The highest BCUT2D eigenvalue weighted by molar-refractivity contribution is 5.88. The van der Waals surface area contributed by atoms with Crippen LogP contribution in [0.15, 0.2) is 54.6 Å². The van der Waals surface area contributed by atoms with Crippen molar-refractivity contribution in [3.05, 3.63) is 66.0 Å². The summed E-state index contributed by atoms with van der Waals surface area (Å²) in [7, 11) is 0. The summed E-state index contributed by atoms with van der Waals surface area (Å²) in [6, 6.07) is 14.9. The Morgan fingerprint density at radius 2 is 1.58 bits per heavy atom. The summed E-state index contributed by atoms with van der Waals surface area (Å²) in [6.07, 6.45) is 5.16. The molecule has 1 aliphatic rings. The van der Waals surface area contributed by atoms with E-state index in [2.05, 4.69) is 11.7 Å². The second-order valence-corrected chi connectivity index (χ2v) is 9.22. The Morgan fingerprint density at radius 3 is 2.27 bits per heavy atom. The van der Waals surface area contributed by atoms with Crippen LogP contribution >= 0.6 is 0 Å². The molecule has 0 heterocycles. The maximum atomic E-state index is 15.1. The standard InChI is InChI=1S/C28H30F4O/c1-2-3-4-5-19-6-8-20(9-7-19)23-13-15-26(27(29)18-23)24-11-10-22-17-25(33-28(30,31)32)14-12-21(22)16-24/h10-20H,2-9H2,1H3/t19-,20-. The van der Waals surface area contributed by atoms with Crippen molar-refractivity contribution in [3.63, 3.8) is 0 Å². The molecule has 0 spiro atoms. The Balaban J connectivity index is 1.46. The van der Waals surface area contributed by atoms with Crippen LogP contribution in [0, 0.1) is 11.7 Å². The molecule has 0 N–H and O–H groups in total. The van der Waals surface area contributed by atoms with Crippen LogP contribution in [0.4, 0.5) is 17.6 Å². The Bertz CT molecular complexity index is 1080. The van der Waals surface area contributed by atoms with Crippen molar-refractivity contribution in [2.75, 3.05) is 0 Å². The zero-order valence-electron chi connectivity index (χ0n) is 18.9. The molecular weight excluding hydrogens is 428 g/mol. The fourth-order valence-corrected chi connectivity index (χ4v) is 5.08. The number of fused-ring (bicyclic) bond motifs is 1. The topological polar surface area (TPSA) is 9.23 Å². The molecule has 1 saturated carbocycles. The van der Waals surface area contributed by atoms with Crippen molar-refractivity contribution in [1.29, 1.82) is 0 Å². The van der Waals surface area contributed by atoms with E-state index in [1.807, 2.05) is 12.1 Å². The van der Waals surface area contributed by atoms with Gasteiger partial charge in [0.15, 0.2) is 0 Å². The maximum Gasteiger partial charge on any atom is 0.573 e. The van der Waals surface area contributed by atoms with Gasteiger partial charge in [-0.15, -0.1) is 13.2 Å². The van der Waals surface area contributed by atoms with Gasteiger partial charge in [0.2, 0.25) is 0 Å². The number of unbranched alkanes of at least 4 members (excludes halogenated alkanes) is 2. The summed E-state index contributed by atoms with van der Waals surface area (Å²) < 4.78 is 56.4. The third-order valence-corrected chi connectivity index (χ3v) is 6.88. The van der Waals surface area contributed by atoms with Gasteiger partial charge < -0.3 is 4.74 Å². The molecule has 0 aromatic heterocycles. The van der Waals surface area contributed by atoms with Gasteiger partial charge in [0.25, 0.3) is 0 Å². The van der Waals surface area contributed by atoms with Gasteiger partial charge in [0.1, 0.15) is 11.6 Å². The minimum Gasteiger partial charge on any atom is -0.406 e. The van der Waals surface area contributed by atoms with E-state index < -0.39 is 6.36 Å². The van der Waals surface area contributed by atoms with Crippen molar-refractivity contribution in [1.82, 2.24) is 0 Å². The van der Waals surface area contributed by atoms with Crippen LogP contribution in [-0.2, 0) is 0 Å². The Hall–Kier alpha value is -2.56. The number of alkyl halides is 3. The van der Waals surface area contributed by atoms with E-state index in [1.54, 1.807) is 30.3 Å². The zero-order chi connectivity index (χ0) is 23.4. The van der Waals surface area contributed by atoms with E-state index in [0.29, 0.717) is 22.4 Å². The van der Waals surface area contributed by atoms with Crippen LogP contribution in [0.25, 0.3) is 21.9 Å². The quantitative estimate of drug-likeness (QED) is 0.253. The summed E-state index contributed by atoms with van der Waals surface area (Å²) >= 11 is 0. The predicted octanol–water partition coefficient (Wildman–Crippen LogP) is 9.40. The van der Waals surface area contributed by atoms with Gasteiger partial charge in [-0.1, -0.05) is 62.9 Å². The number of benzene rings is 3. The first-order valence-electron chi connectivity index (χ1n) is 11.9. The van der Waals surface area contributed by atoms with E-state index in [4.69, 9.17) is 0 Å².